The van der Waals surface area contributed by atoms with Crippen LogP contribution in [0.2, 0.25) is 0 Å². The predicted molar refractivity (Wildman–Crippen MR) is 106 cm³/mol. The van der Waals surface area contributed by atoms with Crippen molar-refractivity contribution in [3.8, 4) is 11.5 Å². The first-order valence-corrected chi connectivity index (χ1v) is 8.97. The number of aryl methyl sites for hydroxylation is 1. The third-order valence-electron chi connectivity index (χ3n) is 4.98. The second kappa shape index (κ2) is 6.99. The Kier molecular flexibility index (Phi) is 4.90. The summed E-state index contributed by atoms with van der Waals surface area (Å²) in [6, 6.07) is 15.2. The topological polar surface area (TPSA) is 22.3 Å². The second-order valence-corrected chi connectivity index (χ2v) is 7.77. The van der Waals surface area contributed by atoms with Crippen molar-refractivity contribution in [3.63, 3.8) is 0 Å². The molecule has 3 heteroatoms. The van der Waals surface area contributed by atoms with E-state index in [1.165, 1.54) is 22.2 Å². The lowest BCUT2D eigenvalue weighted by molar-refractivity contribution is -0.692. The highest BCUT2D eigenvalue weighted by Crippen LogP contribution is 2.32. The van der Waals surface area contributed by atoms with Gasteiger partial charge in [-0.15, -0.1) is 0 Å². The normalized spacial score (nSPS) is 11.6. The molecule has 0 saturated heterocycles. The highest BCUT2D eigenvalue weighted by atomic mass is 16.5. The molecule has 0 aliphatic carbocycles. The van der Waals surface area contributed by atoms with Crippen molar-refractivity contribution in [2.45, 2.75) is 39.7 Å². The number of benzene rings is 2. The fraction of sp³-hybridized carbons (Fsp3) is 0.348. The highest BCUT2D eigenvalue weighted by molar-refractivity contribution is 5.86. The molecule has 0 radical (unpaired) electrons. The van der Waals surface area contributed by atoms with Crippen molar-refractivity contribution in [1.29, 1.82) is 0 Å². The Hall–Kier alpha value is -2.55. The number of methoxy groups -OCH3 is 2. The molecule has 0 N–H and O–H groups in total. The molecule has 0 bridgehead atoms. The number of ether oxygens (including phenoxy) is 2. The van der Waals surface area contributed by atoms with Gasteiger partial charge in [-0.25, -0.2) is 0 Å². The van der Waals surface area contributed by atoms with Crippen LogP contribution in [0, 0.1) is 6.92 Å². The quantitative estimate of drug-likeness (QED) is 0.631. The van der Waals surface area contributed by atoms with Gasteiger partial charge in [0.05, 0.1) is 19.6 Å². The van der Waals surface area contributed by atoms with E-state index in [4.69, 9.17) is 9.47 Å². The maximum atomic E-state index is 5.47. The fourth-order valence-electron chi connectivity index (χ4n) is 3.26. The second-order valence-electron chi connectivity index (χ2n) is 7.77. The summed E-state index contributed by atoms with van der Waals surface area (Å²) >= 11 is 0. The number of hydrogen-bond donors (Lipinski definition) is 0. The summed E-state index contributed by atoms with van der Waals surface area (Å²) in [7, 11) is 3.34. The minimum Gasteiger partial charge on any atom is -0.493 e. The maximum absolute atomic E-state index is 5.47. The lowest BCUT2D eigenvalue weighted by atomic mass is 9.87. The Morgan fingerprint density at radius 1 is 0.885 bits per heavy atom. The Morgan fingerprint density at radius 2 is 1.50 bits per heavy atom. The van der Waals surface area contributed by atoms with Crippen LogP contribution in [-0.4, -0.2) is 14.2 Å². The third-order valence-corrected chi connectivity index (χ3v) is 4.98. The largest absolute Gasteiger partial charge is 0.493 e. The lowest BCUT2D eigenvalue weighted by Crippen LogP contribution is -2.37. The highest BCUT2D eigenvalue weighted by Gasteiger charge is 2.16. The van der Waals surface area contributed by atoms with Gasteiger partial charge in [0.15, 0.2) is 29.9 Å². The lowest BCUT2D eigenvalue weighted by Gasteiger charge is -2.18. The standard InChI is InChI=1S/C23H28NO2/c1-16-20-14-22(26-6)21(25-5)13-18(20)11-12-24(16)15-17-7-9-19(10-8-17)23(2,3)4/h7-14H,15H2,1-6H3/q+1. The van der Waals surface area contributed by atoms with Gasteiger partial charge in [0.2, 0.25) is 0 Å². The molecule has 3 aromatic rings. The summed E-state index contributed by atoms with van der Waals surface area (Å²) < 4.78 is 13.2. The van der Waals surface area contributed by atoms with E-state index in [2.05, 4.69) is 74.9 Å². The molecule has 1 aromatic heterocycles. The first-order chi connectivity index (χ1) is 12.3. The Bertz CT molecular complexity index is 922. The van der Waals surface area contributed by atoms with E-state index in [-0.39, 0.29) is 5.41 Å². The fourth-order valence-corrected chi connectivity index (χ4v) is 3.26. The molecule has 3 rings (SSSR count). The average Bonchev–Trinajstić information content (AvgIpc) is 2.63. The van der Waals surface area contributed by atoms with E-state index in [1.54, 1.807) is 14.2 Å². The van der Waals surface area contributed by atoms with Crippen LogP contribution in [-0.2, 0) is 12.0 Å². The molecule has 2 aromatic carbocycles. The molecule has 0 amide bonds. The zero-order valence-electron chi connectivity index (χ0n) is 16.6. The molecule has 1 heterocycles. The number of nitrogens with zero attached hydrogens (tertiary/aromatic N) is 1. The molecule has 0 saturated carbocycles. The smallest absolute Gasteiger partial charge is 0.186 e. The molecule has 136 valence electrons. The van der Waals surface area contributed by atoms with Crippen LogP contribution in [0.5, 0.6) is 11.5 Å². The van der Waals surface area contributed by atoms with Crippen molar-refractivity contribution >= 4 is 10.8 Å². The van der Waals surface area contributed by atoms with Crippen LogP contribution >= 0.6 is 0 Å². The SMILES string of the molecule is COc1cc2cc[n+](Cc3ccc(C(C)(C)C)cc3)c(C)c2cc1OC. The molecule has 0 fully saturated rings. The molecule has 0 aliphatic heterocycles. The van der Waals surface area contributed by atoms with Gasteiger partial charge in [-0.1, -0.05) is 45.0 Å². The number of hydrogen-bond acceptors (Lipinski definition) is 2. The number of pyridine rings is 1. The van der Waals surface area contributed by atoms with Crippen LogP contribution in [0.25, 0.3) is 10.8 Å². The van der Waals surface area contributed by atoms with Gasteiger partial charge in [0, 0.05) is 18.6 Å². The molecule has 0 atom stereocenters. The van der Waals surface area contributed by atoms with Crippen molar-refractivity contribution in [2.75, 3.05) is 14.2 Å². The van der Waals surface area contributed by atoms with Gasteiger partial charge in [-0.05, 0) is 28.5 Å². The Balaban J connectivity index is 1.97. The van der Waals surface area contributed by atoms with Crippen LogP contribution in [0.15, 0.2) is 48.7 Å². The van der Waals surface area contributed by atoms with Crippen molar-refractivity contribution < 1.29 is 14.0 Å². The molecule has 0 aliphatic rings. The van der Waals surface area contributed by atoms with Gasteiger partial charge in [-0.2, -0.15) is 4.57 Å². The third kappa shape index (κ3) is 3.52. The maximum Gasteiger partial charge on any atom is 0.186 e. The summed E-state index contributed by atoms with van der Waals surface area (Å²) in [5.41, 5.74) is 4.05. The average molecular weight is 350 g/mol. The zero-order valence-corrected chi connectivity index (χ0v) is 16.6. The van der Waals surface area contributed by atoms with Crippen LogP contribution in [0.4, 0.5) is 0 Å². The first kappa shape index (κ1) is 18.2. The van der Waals surface area contributed by atoms with Crippen molar-refractivity contribution in [2.24, 2.45) is 0 Å². The first-order valence-electron chi connectivity index (χ1n) is 8.97. The van der Waals surface area contributed by atoms with Gasteiger partial charge in [0.1, 0.15) is 0 Å². The number of rotatable bonds is 4. The van der Waals surface area contributed by atoms with Crippen LogP contribution < -0.4 is 14.0 Å². The van der Waals surface area contributed by atoms with Gasteiger partial charge in [0.25, 0.3) is 0 Å². The molecular weight excluding hydrogens is 322 g/mol. The molecule has 0 unspecified atom stereocenters. The summed E-state index contributed by atoms with van der Waals surface area (Å²) in [6.45, 7) is 9.72. The molecular formula is C23H28NO2+. The van der Waals surface area contributed by atoms with Gasteiger partial charge in [-0.3, -0.25) is 0 Å². The number of fused-ring (bicyclic) bond motifs is 1. The van der Waals surface area contributed by atoms with E-state index in [1.807, 2.05) is 6.07 Å². The summed E-state index contributed by atoms with van der Waals surface area (Å²) in [6.07, 6.45) is 2.14. The summed E-state index contributed by atoms with van der Waals surface area (Å²) in [4.78, 5) is 0. The van der Waals surface area contributed by atoms with Gasteiger partial charge >= 0.3 is 0 Å². The van der Waals surface area contributed by atoms with E-state index in [0.717, 1.165) is 23.4 Å². The summed E-state index contributed by atoms with van der Waals surface area (Å²) in [5.74, 6) is 1.52. The molecule has 26 heavy (non-hydrogen) atoms. The van der Waals surface area contributed by atoms with E-state index >= 15 is 0 Å². The van der Waals surface area contributed by atoms with Crippen molar-refractivity contribution in [1.82, 2.24) is 0 Å². The van der Waals surface area contributed by atoms with E-state index < -0.39 is 0 Å². The minimum absolute atomic E-state index is 0.181. The summed E-state index contributed by atoms with van der Waals surface area (Å²) in [5, 5.41) is 2.33. The van der Waals surface area contributed by atoms with E-state index in [9.17, 15) is 0 Å². The minimum atomic E-state index is 0.181. The Labute approximate surface area is 156 Å². The number of aromatic nitrogens is 1. The van der Waals surface area contributed by atoms with Crippen LogP contribution in [0.1, 0.15) is 37.6 Å². The van der Waals surface area contributed by atoms with Gasteiger partial charge < -0.3 is 9.47 Å². The van der Waals surface area contributed by atoms with Crippen molar-refractivity contribution in [3.05, 3.63) is 65.5 Å². The molecule has 0 spiro atoms. The Morgan fingerprint density at radius 3 is 2.08 bits per heavy atom. The molecule has 3 nitrogen and oxygen atoms in total. The van der Waals surface area contributed by atoms with Crippen LogP contribution in [0.3, 0.4) is 0 Å². The monoisotopic (exact) mass is 350 g/mol. The van der Waals surface area contributed by atoms with E-state index in [0.29, 0.717) is 0 Å². The zero-order chi connectivity index (χ0) is 18.9. The predicted octanol–water partition coefficient (Wildman–Crippen LogP) is 4.80.